The minimum absolute atomic E-state index is 0.127. The molecule has 1 heterocycles. The summed E-state index contributed by atoms with van der Waals surface area (Å²) < 4.78 is 5.65. The van der Waals surface area contributed by atoms with Gasteiger partial charge in [0, 0.05) is 39.9 Å². The molecule has 0 amide bonds. The molecule has 0 fully saturated rings. The molecule has 2 rings (SSSR count). The molecule has 0 bridgehead atoms. The molecule has 0 atom stereocenters. The second-order valence-electron chi connectivity index (χ2n) is 4.66. The molecule has 0 radical (unpaired) electrons. The third kappa shape index (κ3) is 3.25. The smallest absolute Gasteiger partial charge is 0.328 e. The van der Waals surface area contributed by atoms with Crippen LogP contribution in [-0.2, 0) is 0 Å². The topological polar surface area (TPSA) is 80.4 Å². The summed E-state index contributed by atoms with van der Waals surface area (Å²) in [6, 6.07) is 7.80. The Hall–Kier alpha value is -2.57. The highest BCUT2D eigenvalue weighted by Gasteiger charge is 2.08. The Morgan fingerprint density at radius 2 is 1.75 bits per heavy atom. The van der Waals surface area contributed by atoms with Crippen LogP contribution in [0.25, 0.3) is 0 Å². The van der Waals surface area contributed by atoms with Gasteiger partial charge in [-0.3, -0.25) is 0 Å². The Morgan fingerprint density at radius 1 is 1.00 bits per heavy atom. The summed E-state index contributed by atoms with van der Waals surface area (Å²) in [7, 11) is 7.57. The Balaban J connectivity index is 2.27. The zero-order chi connectivity index (χ0) is 14.7. The van der Waals surface area contributed by atoms with E-state index < -0.39 is 0 Å². The van der Waals surface area contributed by atoms with Gasteiger partial charge in [-0.1, -0.05) is 6.07 Å². The summed E-state index contributed by atoms with van der Waals surface area (Å²) in [5.74, 6) is 1.23. The average molecular weight is 274 g/mol. The fourth-order valence-corrected chi connectivity index (χ4v) is 1.54. The molecule has 0 saturated heterocycles. The quantitative estimate of drug-likeness (QED) is 0.902. The van der Waals surface area contributed by atoms with E-state index in [9.17, 15) is 0 Å². The number of ether oxygens (including phenoxy) is 1. The normalized spacial score (nSPS) is 10.2. The Labute approximate surface area is 118 Å². The lowest BCUT2D eigenvalue weighted by molar-refractivity contribution is 0.441. The maximum Gasteiger partial charge on any atom is 0.328 e. The summed E-state index contributed by atoms with van der Waals surface area (Å²) in [4.78, 5) is 15.9. The van der Waals surface area contributed by atoms with Crippen LogP contribution < -0.4 is 20.3 Å². The van der Waals surface area contributed by atoms with Gasteiger partial charge in [0.15, 0.2) is 0 Å². The summed E-state index contributed by atoms with van der Waals surface area (Å²) in [5, 5.41) is 0. The fourth-order valence-electron chi connectivity index (χ4n) is 1.54. The molecule has 0 saturated carbocycles. The van der Waals surface area contributed by atoms with Crippen molar-refractivity contribution >= 4 is 17.6 Å². The van der Waals surface area contributed by atoms with E-state index in [2.05, 4.69) is 15.0 Å². The maximum absolute atomic E-state index is 5.65. The van der Waals surface area contributed by atoms with E-state index in [1.165, 1.54) is 0 Å². The van der Waals surface area contributed by atoms with Crippen molar-refractivity contribution in [1.82, 2.24) is 15.0 Å². The molecule has 0 aliphatic heterocycles. The van der Waals surface area contributed by atoms with Gasteiger partial charge in [-0.2, -0.15) is 15.0 Å². The van der Waals surface area contributed by atoms with Gasteiger partial charge in [-0.05, 0) is 12.1 Å². The zero-order valence-corrected chi connectivity index (χ0v) is 12.0. The largest absolute Gasteiger partial charge is 0.424 e. The van der Waals surface area contributed by atoms with E-state index in [1.807, 2.05) is 57.4 Å². The van der Waals surface area contributed by atoms with Crippen LogP contribution in [0.2, 0.25) is 0 Å². The van der Waals surface area contributed by atoms with Crippen LogP contribution in [0.3, 0.4) is 0 Å². The number of aromatic nitrogens is 3. The van der Waals surface area contributed by atoms with Crippen molar-refractivity contribution in [1.29, 1.82) is 0 Å². The van der Waals surface area contributed by atoms with Gasteiger partial charge in [-0.15, -0.1) is 0 Å². The van der Waals surface area contributed by atoms with E-state index in [1.54, 1.807) is 4.90 Å². The Bertz CT molecular complexity index is 599. The number of nitrogen functional groups attached to an aromatic ring is 1. The number of hydrogen-bond donors (Lipinski definition) is 1. The van der Waals surface area contributed by atoms with Gasteiger partial charge in [0.25, 0.3) is 0 Å². The highest BCUT2D eigenvalue weighted by molar-refractivity contribution is 5.50. The number of benzene rings is 1. The second-order valence-corrected chi connectivity index (χ2v) is 4.66. The van der Waals surface area contributed by atoms with E-state index in [4.69, 9.17) is 10.5 Å². The second kappa shape index (κ2) is 5.60. The fraction of sp³-hybridized carbons (Fsp3) is 0.308. The summed E-state index contributed by atoms with van der Waals surface area (Å²) in [5.41, 5.74) is 6.68. The number of nitrogens with two attached hydrogens (primary N) is 1. The lowest BCUT2D eigenvalue weighted by Crippen LogP contribution is -2.15. The Morgan fingerprint density at radius 3 is 2.40 bits per heavy atom. The first-order valence-corrected chi connectivity index (χ1v) is 6.10. The van der Waals surface area contributed by atoms with E-state index in [0.29, 0.717) is 11.7 Å². The standard InChI is InChI=1S/C13H18N6O/c1-18(2)9-6-5-7-10(8-9)20-13-16-11(14)15-12(17-13)19(3)4/h5-8H,1-4H3,(H2,14,15,16,17). The van der Waals surface area contributed by atoms with Crippen molar-refractivity contribution in [2.45, 2.75) is 0 Å². The van der Waals surface area contributed by atoms with Crippen molar-refractivity contribution in [2.75, 3.05) is 43.7 Å². The molecular formula is C13H18N6O. The summed E-state index contributed by atoms with van der Waals surface area (Å²) in [6.45, 7) is 0. The van der Waals surface area contributed by atoms with Gasteiger partial charge in [0.1, 0.15) is 5.75 Å². The van der Waals surface area contributed by atoms with E-state index in [-0.39, 0.29) is 12.0 Å². The van der Waals surface area contributed by atoms with Crippen molar-refractivity contribution < 1.29 is 4.74 Å². The molecule has 0 unspecified atom stereocenters. The molecule has 1 aromatic carbocycles. The van der Waals surface area contributed by atoms with Crippen molar-refractivity contribution in [3.8, 4) is 11.8 Å². The number of hydrogen-bond acceptors (Lipinski definition) is 7. The highest BCUT2D eigenvalue weighted by Crippen LogP contribution is 2.24. The highest BCUT2D eigenvalue weighted by atomic mass is 16.5. The molecule has 0 spiro atoms. The number of rotatable bonds is 4. The average Bonchev–Trinajstić information content (AvgIpc) is 2.38. The monoisotopic (exact) mass is 274 g/mol. The summed E-state index contributed by atoms with van der Waals surface area (Å²) >= 11 is 0. The minimum atomic E-state index is 0.127. The molecule has 2 N–H and O–H groups in total. The molecular weight excluding hydrogens is 256 g/mol. The molecule has 20 heavy (non-hydrogen) atoms. The molecule has 0 aliphatic carbocycles. The van der Waals surface area contributed by atoms with E-state index in [0.717, 1.165) is 5.69 Å². The molecule has 1 aromatic heterocycles. The minimum Gasteiger partial charge on any atom is -0.424 e. The van der Waals surface area contributed by atoms with Gasteiger partial charge < -0.3 is 20.3 Å². The first-order chi connectivity index (χ1) is 9.45. The van der Waals surface area contributed by atoms with Crippen LogP contribution in [0.4, 0.5) is 17.6 Å². The summed E-state index contributed by atoms with van der Waals surface area (Å²) in [6.07, 6.45) is 0. The molecule has 7 heteroatoms. The van der Waals surface area contributed by atoms with Crippen molar-refractivity contribution in [3.05, 3.63) is 24.3 Å². The SMILES string of the molecule is CN(C)c1cccc(Oc2nc(N)nc(N(C)C)n2)c1. The third-order valence-electron chi connectivity index (χ3n) is 2.56. The van der Waals surface area contributed by atoms with Crippen LogP contribution in [0.5, 0.6) is 11.8 Å². The number of nitrogens with zero attached hydrogens (tertiary/aromatic N) is 5. The van der Waals surface area contributed by atoms with E-state index >= 15 is 0 Å². The van der Waals surface area contributed by atoms with Crippen LogP contribution >= 0.6 is 0 Å². The molecule has 7 nitrogen and oxygen atoms in total. The van der Waals surface area contributed by atoms with Crippen LogP contribution in [-0.4, -0.2) is 43.1 Å². The van der Waals surface area contributed by atoms with Crippen LogP contribution in [0, 0.1) is 0 Å². The zero-order valence-electron chi connectivity index (χ0n) is 12.0. The lowest BCUT2D eigenvalue weighted by atomic mass is 10.3. The molecule has 106 valence electrons. The molecule has 0 aliphatic rings. The Kier molecular flexibility index (Phi) is 3.88. The van der Waals surface area contributed by atoms with Gasteiger partial charge >= 0.3 is 6.01 Å². The maximum atomic E-state index is 5.65. The number of anilines is 3. The molecule has 2 aromatic rings. The first-order valence-electron chi connectivity index (χ1n) is 6.10. The van der Waals surface area contributed by atoms with Gasteiger partial charge in [0.2, 0.25) is 11.9 Å². The van der Waals surface area contributed by atoms with Crippen molar-refractivity contribution in [2.24, 2.45) is 0 Å². The predicted molar refractivity (Wildman–Crippen MR) is 79.4 cm³/mol. The predicted octanol–water partition coefficient (Wildman–Crippen LogP) is 1.38. The first kappa shape index (κ1) is 13.9. The van der Waals surface area contributed by atoms with Gasteiger partial charge in [-0.25, -0.2) is 0 Å². The lowest BCUT2D eigenvalue weighted by Gasteiger charge is -2.14. The van der Waals surface area contributed by atoms with Gasteiger partial charge in [0.05, 0.1) is 0 Å². The van der Waals surface area contributed by atoms with Crippen LogP contribution in [0.1, 0.15) is 0 Å². The van der Waals surface area contributed by atoms with Crippen molar-refractivity contribution in [3.63, 3.8) is 0 Å². The van der Waals surface area contributed by atoms with Crippen LogP contribution in [0.15, 0.2) is 24.3 Å². The third-order valence-corrected chi connectivity index (χ3v) is 2.56.